The van der Waals surface area contributed by atoms with Crippen molar-refractivity contribution in [3.63, 3.8) is 0 Å². The van der Waals surface area contributed by atoms with Crippen LogP contribution in [0.2, 0.25) is 0 Å². The van der Waals surface area contributed by atoms with Gasteiger partial charge in [0, 0.05) is 19.0 Å². The standard InChI is InChI=1S/C14H17N3O3S/c1-19-8-12-15-13(20-16-12)11-4-2-3-6-17(11)14(18)10-5-7-21-9-10/h5,7,9,11H,2-4,6,8H2,1H3/t11-/m0/s1. The van der Waals surface area contributed by atoms with Crippen LogP contribution in [-0.2, 0) is 11.3 Å². The van der Waals surface area contributed by atoms with Crippen molar-refractivity contribution in [2.24, 2.45) is 0 Å². The molecular formula is C14H17N3O3S. The second-order valence-electron chi connectivity index (χ2n) is 5.00. The third-order valence-electron chi connectivity index (χ3n) is 3.57. The summed E-state index contributed by atoms with van der Waals surface area (Å²) < 4.78 is 10.3. The predicted molar refractivity (Wildman–Crippen MR) is 77.0 cm³/mol. The van der Waals surface area contributed by atoms with Gasteiger partial charge in [0.2, 0.25) is 5.89 Å². The number of amides is 1. The monoisotopic (exact) mass is 307 g/mol. The summed E-state index contributed by atoms with van der Waals surface area (Å²) in [7, 11) is 1.59. The molecule has 0 bridgehead atoms. The van der Waals surface area contributed by atoms with E-state index in [0.717, 1.165) is 31.4 Å². The highest BCUT2D eigenvalue weighted by Crippen LogP contribution is 2.31. The van der Waals surface area contributed by atoms with E-state index in [1.807, 2.05) is 21.7 Å². The Labute approximate surface area is 126 Å². The zero-order chi connectivity index (χ0) is 14.7. The number of thiophene rings is 1. The lowest BCUT2D eigenvalue weighted by atomic mass is 10.0. The van der Waals surface area contributed by atoms with E-state index in [1.165, 1.54) is 11.3 Å². The van der Waals surface area contributed by atoms with Crippen LogP contribution in [0.3, 0.4) is 0 Å². The first kappa shape index (κ1) is 14.2. The lowest BCUT2D eigenvalue weighted by Crippen LogP contribution is -2.38. The Bertz CT molecular complexity index is 596. The van der Waals surface area contributed by atoms with Crippen LogP contribution in [0.25, 0.3) is 0 Å². The van der Waals surface area contributed by atoms with Crippen LogP contribution in [0, 0.1) is 0 Å². The zero-order valence-electron chi connectivity index (χ0n) is 11.8. The van der Waals surface area contributed by atoms with Crippen LogP contribution in [0.15, 0.2) is 21.3 Å². The maximum Gasteiger partial charge on any atom is 0.255 e. The summed E-state index contributed by atoms with van der Waals surface area (Å²) in [6.45, 7) is 1.04. The Morgan fingerprint density at radius 3 is 3.24 bits per heavy atom. The van der Waals surface area contributed by atoms with Crippen molar-refractivity contribution in [3.05, 3.63) is 34.1 Å². The minimum atomic E-state index is -0.135. The van der Waals surface area contributed by atoms with Crippen molar-refractivity contribution in [2.45, 2.75) is 31.9 Å². The number of hydrogen-bond donors (Lipinski definition) is 0. The molecule has 6 nitrogen and oxygen atoms in total. The molecule has 3 rings (SSSR count). The van der Waals surface area contributed by atoms with Gasteiger partial charge in [0.25, 0.3) is 5.91 Å². The lowest BCUT2D eigenvalue weighted by molar-refractivity contribution is 0.0562. The van der Waals surface area contributed by atoms with E-state index >= 15 is 0 Å². The van der Waals surface area contributed by atoms with E-state index in [2.05, 4.69) is 10.1 Å². The molecule has 0 saturated carbocycles. The van der Waals surface area contributed by atoms with Gasteiger partial charge in [0.05, 0.1) is 5.56 Å². The van der Waals surface area contributed by atoms with Gasteiger partial charge < -0.3 is 14.2 Å². The fourth-order valence-electron chi connectivity index (χ4n) is 2.57. The van der Waals surface area contributed by atoms with E-state index in [0.29, 0.717) is 18.3 Å². The molecule has 2 aromatic heterocycles. The summed E-state index contributed by atoms with van der Waals surface area (Å²) >= 11 is 1.52. The normalized spacial score (nSPS) is 18.9. The number of carbonyl (C=O) groups is 1. The van der Waals surface area contributed by atoms with E-state index in [1.54, 1.807) is 7.11 Å². The highest BCUT2D eigenvalue weighted by Gasteiger charge is 2.32. The Balaban J connectivity index is 1.82. The molecule has 0 spiro atoms. The summed E-state index contributed by atoms with van der Waals surface area (Å²) in [6, 6.07) is 1.72. The minimum absolute atomic E-state index is 0.0347. The van der Waals surface area contributed by atoms with Crippen molar-refractivity contribution >= 4 is 17.2 Å². The molecule has 1 aliphatic heterocycles. The van der Waals surface area contributed by atoms with Crippen LogP contribution in [-0.4, -0.2) is 34.6 Å². The van der Waals surface area contributed by atoms with Gasteiger partial charge in [0.1, 0.15) is 12.6 Å². The maximum absolute atomic E-state index is 12.6. The fourth-order valence-corrected chi connectivity index (χ4v) is 3.20. The minimum Gasteiger partial charge on any atom is -0.377 e. The summed E-state index contributed by atoms with van der Waals surface area (Å²) in [6.07, 6.45) is 2.91. The summed E-state index contributed by atoms with van der Waals surface area (Å²) in [5.41, 5.74) is 0.725. The van der Waals surface area contributed by atoms with Gasteiger partial charge in [-0.1, -0.05) is 5.16 Å². The van der Waals surface area contributed by atoms with Gasteiger partial charge in [-0.25, -0.2) is 0 Å². The first-order valence-electron chi connectivity index (χ1n) is 6.94. The summed E-state index contributed by atoms with van der Waals surface area (Å²) in [5, 5.41) is 7.68. The van der Waals surface area contributed by atoms with E-state index in [-0.39, 0.29) is 11.9 Å². The van der Waals surface area contributed by atoms with Crippen molar-refractivity contribution < 1.29 is 14.1 Å². The molecule has 0 aromatic carbocycles. The second kappa shape index (κ2) is 6.36. The first-order chi connectivity index (χ1) is 10.3. The Morgan fingerprint density at radius 1 is 1.57 bits per heavy atom. The van der Waals surface area contributed by atoms with Gasteiger partial charge in [-0.15, -0.1) is 0 Å². The molecule has 1 amide bonds. The smallest absolute Gasteiger partial charge is 0.255 e. The molecule has 1 atom stereocenters. The molecule has 0 radical (unpaired) electrons. The molecule has 0 N–H and O–H groups in total. The summed E-state index contributed by atoms with van der Waals surface area (Å²) in [5.74, 6) is 1.05. The van der Waals surface area contributed by atoms with Crippen molar-refractivity contribution in [1.82, 2.24) is 15.0 Å². The number of hydrogen-bond acceptors (Lipinski definition) is 6. The molecular weight excluding hydrogens is 290 g/mol. The maximum atomic E-state index is 12.6. The number of ether oxygens (including phenoxy) is 1. The number of carbonyl (C=O) groups excluding carboxylic acids is 1. The molecule has 112 valence electrons. The van der Waals surface area contributed by atoms with Crippen LogP contribution in [0.5, 0.6) is 0 Å². The van der Waals surface area contributed by atoms with Gasteiger partial charge >= 0.3 is 0 Å². The molecule has 3 heterocycles. The molecule has 1 saturated heterocycles. The van der Waals surface area contributed by atoms with Crippen LogP contribution in [0.4, 0.5) is 0 Å². The Hall–Kier alpha value is -1.73. The number of likely N-dealkylation sites (tertiary alicyclic amines) is 1. The highest BCUT2D eigenvalue weighted by atomic mass is 32.1. The van der Waals surface area contributed by atoms with Crippen LogP contribution >= 0.6 is 11.3 Å². The lowest BCUT2D eigenvalue weighted by Gasteiger charge is -2.33. The van der Waals surface area contributed by atoms with Crippen LogP contribution < -0.4 is 0 Å². The fraction of sp³-hybridized carbons (Fsp3) is 0.500. The average Bonchev–Trinajstić information content (AvgIpc) is 3.18. The highest BCUT2D eigenvalue weighted by molar-refractivity contribution is 7.08. The molecule has 0 unspecified atom stereocenters. The number of methoxy groups -OCH3 is 1. The number of rotatable bonds is 4. The summed E-state index contributed by atoms with van der Waals surface area (Å²) in [4.78, 5) is 18.8. The van der Waals surface area contributed by atoms with Gasteiger partial charge in [0.15, 0.2) is 5.82 Å². The van der Waals surface area contributed by atoms with Crippen LogP contribution in [0.1, 0.15) is 47.4 Å². The zero-order valence-corrected chi connectivity index (χ0v) is 12.6. The number of aromatic nitrogens is 2. The quantitative estimate of drug-likeness (QED) is 0.868. The molecule has 7 heteroatoms. The molecule has 2 aromatic rings. The topological polar surface area (TPSA) is 68.5 Å². The Morgan fingerprint density at radius 2 is 2.48 bits per heavy atom. The third-order valence-corrected chi connectivity index (χ3v) is 4.26. The molecule has 21 heavy (non-hydrogen) atoms. The van der Waals surface area contributed by atoms with Crippen molar-refractivity contribution in [1.29, 1.82) is 0 Å². The molecule has 0 aliphatic carbocycles. The van der Waals surface area contributed by atoms with E-state index < -0.39 is 0 Å². The Kier molecular flexibility index (Phi) is 4.31. The second-order valence-corrected chi connectivity index (χ2v) is 5.78. The van der Waals surface area contributed by atoms with Crippen molar-refractivity contribution in [2.75, 3.05) is 13.7 Å². The largest absolute Gasteiger partial charge is 0.377 e. The molecule has 1 fully saturated rings. The average molecular weight is 307 g/mol. The number of nitrogens with zero attached hydrogens (tertiary/aromatic N) is 3. The van der Waals surface area contributed by atoms with Gasteiger partial charge in [-0.3, -0.25) is 4.79 Å². The first-order valence-corrected chi connectivity index (χ1v) is 7.88. The predicted octanol–water partition coefficient (Wildman–Crippen LogP) is 2.64. The van der Waals surface area contributed by atoms with Gasteiger partial charge in [-0.2, -0.15) is 16.3 Å². The van der Waals surface area contributed by atoms with E-state index in [4.69, 9.17) is 9.26 Å². The molecule has 1 aliphatic rings. The third kappa shape index (κ3) is 2.98. The van der Waals surface area contributed by atoms with E-state index in [9.17, 15) is 4.79 Å². The number of piperidine rings is 1. The SMILES string of the molecule is COCc1noc([C@@H]2CCCCN2C(=O)c2ccsc2)n1. The van der Waals surface area contributed by atoms with Gasteiger partial charge in [-0.05, 0) is 30.7 Å². The van der Waals surface area contributed by atoms with Crippen molar-refractivity contribution in [3.8, 4) is 0 Å².